The molecule has 1 aromatic carbocycles. The van der Waals surface area contributed by atoms with Gasteiger partial charge >= 0.3 is 0 Å². The molecule has 5 rings (SSSR count). The molecule has 0 spiro atoms. The Kier molecular flexibility index (Phi) is 6.08. The van der Waals surface area contributed by atoms with Gasteiger partial charge in [0.1, 0.15) is 0 Å². The van der Waals surface area contributed by atoms with E-state index < -0.39 is 0 Å². The third-order valence-corrected chi connectivity index (χ3v) is 6.72. The van der Waals surface area contributed by atoms with Crippen molar-refractivity contribution in [2.45, 2.75) is 38.1 Å². The topological polar surface area (TPSA) is 99.7 Å². The van der Waals surface area contributed by atoms with Gasteiger partial charge in [-0.05, 0) is 43.0 Å². The molecule has 178 valence electrons. The molecule has 2 aliphatic rings. The van der Waals surface area contributed by atoms with Crippen molar-refractivity contribution >= 4 is 5.91 Å². The number of hydrogen-bond donors (Lipinski definition) is 0. The number of likely N-dealkylation sites (tertiary alicyclic amines) is 1. The molecule has 1 saturated heterocycles. The van der Waals surface area contributed by atoms with Crippen LogP contribution in [-0.2, 0) is 17.8 Å². The monoisotopic (exact) mass is 464 g/mol. The summed E-state index contributed by atoms with van der Waals surface area (Å²) >= 11 is 0. The summed E-state index contributed by atoms with van der Waals surface area (Å²) in [6.45, 7) is 2.07. The number of methoxy groups -OCH3 is 2. The lowest BCUT2D eigenvalue weighted by Crippen LogP contribution is -2.49. The molecule has 2 unspecified atom stereocenters. The number of hydrogen-bond acceptors (Lipinski definition) is 7. The van der Waals surface area contributed by atoms with Gasteiger partial charge in [-0.1, -0.05) is 11.2 Å². The Morgan fingerprint density at radius 2 is 1.97 bits per heavy atom. The Morgan fingerprint density at radius 1 is 1.12 bits per heavy atom. The summed E-state index contributed by atoms with van der Waals surface area (Å²) in [6.07, 6.45) is 2.63. The lowest BCUT2D eigenvalue weighted by molar-refractivity contribution is -0.134. The van der Waals surface area contributed by atoms with Gasteiger partial charge < -0.3 is 23.5 Å². The zero-order chi connectivity index (χ0) is 23.7. The van der Waals surface area contributed by atoms with Crippen molar-refractivity contribution in [3.8, 4) is 22.9 Å². The van der Waals surface area contributed by atoms with Gasteiger partial charge in [-0.3, -0.25) is 9.59 Å². The van der Waals surface area contributed by atoms with Gasteiger partial charge in [0.15, 0.2) is 11.5 Å². The molecular formula is C25H28N4O5. The largest absolute Gasteiger partial charge is 0.493 e. The lowest BCUT2D eigenvalue weighted by Gasteiger charge is -2.42. The van der Waals surface area contributed by atoms with E-state index in [1.807, 2.05) is 27.7 Å². The molecular weight excluding hydrogens is 436 g/mol. The molecule has 2 atom stereocenters. The summed E-state index contributed by atoms with van der Waals surface area (Å²) in [4.78, 5) is 31.5. The number of aromatic nitrogens is 3. The third-order valence-electron chi connectivity index (χ3n) is 6.72. The molecule has 1 fully saturated rings. The van der Waals surface area contributed by atoms with Crippen molar-refractivity contribution in [1.29, 1.82) is 0 Å². The molecule has 0 N–H and O–H groups in total. The zero-order valence-electron chi connectivity index (χ0n) is 19.4. The molecule has 0 aliphatic carbocycles. The van der Waals surface area contributed by atoms with Gasteiger partial charge in [0.2, 0.25) is 17.6 Å². The second-order valence-corrected chi connectivity index (χ2v) is 8.93. The maximum atomic E-state index is 12.9. The number of piperidine rings is 1. The highest BCUT2D eigenvalue weighted by atomic mass is 16.5. The van der Waals surface area contributed by atoms with Gasteiger partial charge in [-0.25, -0.2) is 0 Å². The predicted octanol–water partition coefficient (Wildman–Crippen LogP) is 2.88. The molecule has 2 aliphatic heterocycles. The van der Waals surface area contributed by atoms with Crippen molar-refractivity contribution in [2.24, 2.45) is 5.92 Å². The molecule has 1 amide bonds. The van der Waals surface area contributed by atoms with Crippen LogP contribution >= 0.6 is 0 Å². The molecule has 3 aromatic rings. The second kappa shape index (κ2) is 9.32. The van der Waals surface area contributed by atoms with Gasteiger partial charge in [0.05, 0.1) is 14.2 Å². The number of rotatable bonds is 7. The van der Waals surface area contributed by atoms with Gasteiger partial charge in [-0.2, -0.15) is 4.98 Å². The molecule has 9 heteroatoms. The minimum atomic E-state index is 0.0546. The quantitative estimate of drug-likeness (QED) is 0.530. The number of fused-ring (bicyclic) bond motifs is 4. The molecule has 9 nitrogen and oxygen atoms in total. The summed E-state index contributed by atoms with van der Waals surface area (Å²) in [5.74, 6) is 2.89. The average Bonchev–Trinajstić information content (AvgIpc) is 3.33. The van der Waals surface area contributed by atoms with E-state index in [2.05, 4.69) is 10.1 Å². The highest BCUT2D eigenvalue weighted by molar-refractivity contribution is 5.76. The fourth-order valence-electron chi connectivity index (χ4n) is 5.10. The van der Waals surface area contributed by atoms with Crippen molar-refractivity contribution in [3.05, 3.63) is 58.3 Å². The predicted molar refractivity (Wildman–Crippen MR) is 124 cm³/mol. The number of carbonyl (C=O) groups excluding carboxylic acids is 1. The average molecular weight is 465 g/mol. The van der Waals surface area contributed by atoms with Crippen LogP contribution in [0.2, 0.25) is 0 Å². The Labute approximate surface area is 197 Å². The van der Waals surface area contributed by atoms with E-state index in [0.29, 0.717) is 68.0 Å². The maximum absolute atomic E-state index is 12.9. The van der Waals surface area contributed by atoms with Crippen LogP contribution in [0.25, 0.3) is 11.4 Å². The lowest BCUT2D eigenvalue weighted by atomic mass is 9.83. The normalized spacial score (nSPS) is 18.9. The third kappa shape index (κ3) is 4.30. The van der Waals surface area contributed by atoms with E-state index in [0.717, 1.165) is 17.7 Å². The summed E-state index contributed by atoms with van der Waals surface area (Å²) in [6, 6.07) is 10.9. The van der Waals surface area contributed by atoms with E-state index in [-0.39, 0.29) is 17.4 Å². The number of benzene rings is 1. The van der Waals surface area contributed by atoms with Crippen LogP contribution < -0.4 is 15.0 Å². The molecule has 0 radical (unpaired) electrons. The second-order valence-electron chi connectivity index (χ2n) is 8.93. The van der Waals surface area contributed by atoms with E-state index in [1.54, 1.807) is 32.4 Å². The van der Waals surface area contributed by atoms with Crippen LogP contribution in [0.3, 0.4) is 0 Å². The molecule has 2 bridgehead atoms. The first-order chi connectivity index (χ1) is 16.6. The minimum Gasteiger partial charge on any atom is -0.493 e. The SMILES string of the molecule is COc1ccc(-c2noc(CCCC(=O)N3CC4CC(C3)c3cccc(=O)n3C4)n2)cc1OC. The van der Waals surface area contributed by atoms with E-state index in [9.17, 15) is 9.59 Å². The van der Waals surface area contributed by atoms with Crippen molar-refractivity contribution in [2.75, 3.05) is 27.3 Å². The molecule has 2 aromatic heterocycles. The van der Waals surface area contributed by atoms with E-state index >= 15 is 0 Å². The van der Waals surface area contributed by atoms with Crippen LogP contribution in [0, 0.1) is 5.92 Å². The number of ether oxygens (including phenoxy) is 2. The Bertz CT molecular complexity index is 1250. The van der Waals surface area contributed by atoms with Gasteiger partial charge in [-0.15, -0.1) is 0 Å². The molecule has 0 saturated carbocycles. The first kappa shape index (κ1) is 22.2. The Hall–Kier alpha value is -3.62. The summed E-state index contributed by atoms with van der Waals surface area (Å²) < 4.78 is 17.9. The summed E-state index contributed by atoms with van der Waals surface area (Å²) in [5.41, 5.74) is 1.87. The number of carbonyl (C=O) groups is 1. The number of nitrogens with zero attached hydrogens (tertiary/aromatic N) is 4. The first-order valence-corrected chi connectivity index (χ1v) is 11.6. The maximum Gasteiger partial charge on any atom is 0.250 e. The fraction of sp³-hybridized carbons (Fsp3) is 0.440. The van der Waals surface area contributed by atoms with Crippen molar-refractivity contribution in [1.82, 2.24) is 19.6 Å². The number of amides is 1. The first-order valence-electron chi connectivity index (χ1n) is 11.6. The minimum absolute atomic E-state index is 0.0546. The Balaban J connectivity index is 1.17. The summed E-state index contributed by atoms with van der Waals surface area (Å²) in [5, 5.41) is 4.07. The van der Waals surface area contributed by atoms with Crippen LogP contribution in [0.5, 0.6) is 11.5 Å². The molecule has 4 heterocycles. The number of pyridine rings is 1. The summed E-state index contributed by atoms with van der Waals surface area (Å²) in [7, 11) is 3.16. The standard InChI is InChI=1S/C25H28N4O5/c1-32-20-10-9-17(12-21(20)33-2)25-26-22(34-27-25)6-4-7-23(30)28-13-16-11-18(15-28)19-5-3-8-24(31)29(19)14-16/h3,5,8-10,12,16,18H,4,6-7,11,13-15H2,1-2H3. The van der Waals surface area contributed by atoms with Gasteiger partial charge in [0.25, 0.3) is 5.56 Å². The highest BCUT2D eigenvalue weighted by Crippen LogP contribution is 2.35. The van der Waals surface area contributed by atoms with E-state index in [1.165, 1.54) is 0 Å². The molecule has 34 heavy (non-hydrogen) atoms. The van der Waals surface area contributed by atoms with Crippen LogP contribution in [0.4, 0.5) is 0 Å². The van der Waals surface area contributed by atoms with Crippen LogP contribution in [-0.4, -0.2) is 52.8 Å². The van der Waals surface area contributed by atoms with Crippen molar-refractivity contribution < 1.29 is 18.8 Å². The van der Waals surface area contributed by atoms with Gasteiger partial charge in [0, 0.05) is 55.7 Å². The smallest absolute Gasteiger partial charge is 0.250 e. The van der Waals surface area contributed by atoms with Crippen molar-refractivity contribution in [3.63, 3.8) is 0 Å². The fourth-order valence-corrected chi connectivity index (χ4v) is 5.10. The highest BCUT2D eigenvalue weighted by Gasteiger charge is 2.35. The van der Waals surface area contributed by atoms with Crippen LogP contribution in [0.1, 0.15) is 36.8 Å². The van der Waals surface area contributed by atoms with Crippen LogP contribution in [0.15, 0.2) is 45.7 Å². The van der Waals surface area contributed by atoms with E-state index in [4.69, 9.17) is 14.0 Å². The zero-order valence-corrected chi connectivity index (χ0v) is 19.4. The number of aryl methyl sites for hydroxylation is 1. The Morgan fingerprint density at radius 3 is 2.79 bits per heavy atom.